The van der Waals surface area contributed by atoms with Crippen LogP contribution in [-0.4, -0.2) is 30.4 Å². The van der Waals surface area contributed by atoms with Crippen LogP contribution in [0.4, 0.5) is 17.1 Å². The molecule has 0 radical (unpaired) electrons. The molecule has 1 heterocycles. The lowest BCUT2D eigenvalue weighted by Gasteiger charge is -2.22. The summed E-state index contributed by atoms with van der Waals surface area (Å²) >= 11 is 1.58. The quantitative estimate of drug-likeness (QED) is 0.416. The summed E-state index contributed by atoms with van der Waals surface area (Å²) in [7, 11) is 1.60. The van der Waals surface area contributed by atoms with E-state index in [0.29, 0.717) is 11.4 Å². The number of carbonyl (C=O) groups excluding carboxylic acids is 2. The predicted molar refractivity (Wildman–Crippen MR) is 127 cm³/mol. The summed E-state index contributed by atoms with van der Waals surface area (Å²) in [6.45, 7) is -0.200. The fourth-order valence-corrected chi connectivity index (χ4v) is 4.88. The smallest absolute Gasteiger partial charge is 0.271 e. The van der Waals surface area contributed by atoms with Gasteiger partial charge in [-0.3, -0.25) is 19.7 Å². The van der Waals surface area contributed by atoms with Crippen molar-refractivity contribution < 1.29 is 19.2 Å². The molecule has 33 heavy (non-hydrogen) atoms. The van der Waals surface area contributed by atoms with Gasteiger partial charge in [-0.25, -0.2) is 0 Å². The third-order valence-corrected chi connectivity index (χ3v) is 6.54. The number of hydrogen-bond donors (Lipinski definition) is 1. The van der Waals surface area contributed by atoms with E-state index in [4.69, 9.17) is 4.74 Å². The normalized spacial score (nSPS) is 15.4. The molecular formula is C24H21N3O5S. The summed E-state index contributed by atoms with van der Waals surface area (Å²) in [5.74, 6) is 0.123. The van der Waals surface area contributed by atoms with Crippen LogP contribution < -0.4 is 15.0 Å². The first-order valence-electron chi connectivity index (χ1n) is 10.2. The van der Waals surface area contributed by atoms with Gasteiger partial charge in [0.15, 0.2) is 0 Å². The molecule has 4 rings (SSSR count). The second-order valence-corrected chi connectivity index (χ2v) is 8.63. The fraction of sp³-hybridized carbons (Fsp3) is 0.167. The second kappa shape index (κ2) is 9.74. The molecule has 0 aromatic heterocycles. The Morgan fingerprint density at radius 3 is 2.64 bits per heavy atom. The number of methoxy groups -OCH3 is 1. The van der Waals surface area contributed by atoms with Crippen LogP contribution in [-0.2, 0) is 9.59 Å². The van der Waals surface area contributed by atoms with E-state index in [2.05, 4.69) is 5.32 Å². The van der Waals surface area contributed by atoms with Crippen LogP contribution in [0.25, 0.3) is 0 Å². The highest BCUT2D eigenvalue weighted by atomic mass is 32.2. The molecule has 0 aliphatic carbocycles. The lowest BCUT2D eigenvalue weighted by Crippen LogP contribution is -2.38. The minimum Gasteiger partial charge on any atom is -0.497 e. The number of rotatable bonds is 6. The average Bonchev–Trinajstić information content (AvgIpc) is 2.96. The Balaban J connectivity index is 1.56. The number of carbonyl (C=O) groups is 2. The van der Waals surface area contributed by atoms with Crippen LogP contribution >= 0.6 is 11.8 Å². The zero-order valence-electron chi connectivity index (χ0n) is 17.8. The van der Waals surface area contributed by atoms with Gasteiger partial charge >= 0.3 is 0 Å². The first-order valence-corrected chi connectivity index (χ1v) is 11.1. The number of hydrogen-bond acceptors (Lipinski definition) is 6. The van der Waals surface area contributed by atoms with Gasteiger partial charge in [0.25, 0.3) is 5.69 Å². The third-order valence-electron chi connectivity index (χ3n) is 5.22. The zero-order valence-corrected chi connectivity index (χ0v) is 18.6. The van der Waals surface area contributed by atoms with Crippen molar-refractivity contribution in [2.45, 2.75) is 16.6 Å². The van der Waals surface area contributed by atoms with Crippen LogP contribution in [0.5, 0.6) is 5.75 Å². The van der Waals surface area contributed by atoms with E-state index < -0.39 is 10.8 Å². The van der Waals surface area contributed by atoms with Gasteiger partial charge in [-0.15, -0.1) is 11.8 Å². The molecule has 9 heteroatoms. The van der Waals surface area contributed by atoms with Gasteiger partial charge in [0, 0.05) is 34.4 Å². The molecular weight excluding hydrogens is 442 g/mol. The third kappa shape index (κ3) is 5.15. The van der Waals surface area contributed by atoms with Crippen molar-refractivity contribution in [1.29, 1.82) is 0 Å². The summed E-state index contributed by atoms with van der Waals surface area (Å²) in [4.78, 5) is 38.8. The molecule has 0 saturated heterocycles. The molecule has 1 atom stereocenters. The highest BCUT2D eigenvalue weighted by molar-refractivity contribution is 7.99. The maximum Gasteiger partial charge on any atom is 0.271 e. The largest absolute Gasteiger partial charge is 0.497 e. The molecule has 1 aliphatic heterocycles. The van der Waals surface area contributed by atoms with Crippen LogP contribution in [0, 0.1) is 10.1 Å². The maximum atomic E-state index is 13.2. The average molecular weight is 464 g/mol. The lowest BCUT2D eigenvalue weighted by molar-refractivity contribution is -0.384. The van der Waals surface area contributed by atoms with E-state index >= 15 is 0 Å². The predicted octanol–water partition coefficient (Wildman–Crippen LogP) is 4.81. The van der Waals surface area contributed by atoms with Crippen molar-refractivity contribution in [3.63, 3.8) is 0 Å². The SMILES string of the molecule is COc1ccc([C@@H]2CC(=O)N(CC(=O)Nc3cccc([N+](=O)[O-])c3)c3ccccc3S2)cc1. The standard InChI is InChI=1S/C24H21N3O5S/c1-32-19-11-9-16(10-12-19)22-14-24(29)26(20-7-2-3-8-21(20)33-22)15-23(28)25-17-5-4-6-18(13-17)27(30)31/h2-13,22H,14-15H2,1H3,(H,25,28)/t22-/m0/s1. The van der Waals surface area contributed by atoms with Gasteiger partial charge < -0.3 is 15.0 Å². The second-order valence-electron chi connectivity index (χ2n) is 7.39. The molecule has 168 valence electrons. The van der Waals surface area contributed by atoms with E-state index in [9.17, 15) is 19.7 Å². The number of thioether (sulfide) groups is 1. The van der Waals surface area contributed by atoms with Crippen molar-refractivity contribution in [3.05, 3.63) is 88.5 Å². The van der Waals surface area contributed by atoms with Crippen molar-refractivity contribution >= 4 is 40.6 Å². The van der Waals surface area contributed by atoms with E-state index in [1.54, 1.807) is 24.9 Å². The highest BCUT2D eigenvalue weighted by Gasteiger charge is 2.30. The van der Waals surface area contributed by atoms with Crippen molar-refractivity contribution in [2.24, 2.45) is 0 Å². The molecule has 0 saturated carbocycles. The first kappa shape index (κ1) is 22.3. The van der Waals surface area contributed by atoms with Crippen molar-refractivity contribution in [3.8, 4) is 5.75 Å². The molecule has 0 spiro atoms. The Labute approximate surface area is 194 Å². The Hall–Kier alpha value is -3.85. The van der Waals surface area contributed by atoms with E-state index in [0.717, 1.165) is 16.2 Å². The molecule has 0 fully saturated rings. The molecule has 1 N–H and O–H groups in total. The van der Waals surface area contributed by atoms with E-state index in [1.165, 1.54) is 23.1 Å². The topological polar surface area (TPSA) is 102 Å². The Kier molecular flexibility index (Phi) is 6.60. The number of amides is 2. The maximum absolute atomic E-state index is 13.2. The fourth-order valence-electron chi connectivity index (χ4n) is 3.60. The van der Waals surface area contributed by atoms with Gasteiger partial charge in [0.2, 0.25) is 11.8 Å². The highest BCUT2D eigenvalue weighted by Crippen LogP contribution is 2.45. The number of ether oxygens (including phenoxy) is 1. The molecule has 0 bridgehead atoms. The van der Waals surface area contributed by atoms with E-state index in [1.807, 2.05) is 48.5 Å². The minimum absolute atomic E-state index is 0.116. The number of anilines is 2. The molecule has 2 amide bonds. The summed E-state index contributed by atoms with van der Waals surface area (Å²) in [5.41, 5.74) is 1.84. The molecule has 1 aliphatic rings. The van der Waals surface area contributed by atoms with Gasteiger partial charge in [0.05, 0.1) is 17.7 Å². The van der Waals surface area contributed by atoms with Crippen molar-refractivity contribution in [2.75, 3.05) is 23.9 Å². The Morgan fingerprint density at radius 1 is 1.15 bits per heavy atom. The Morgan fingerprint density at radius 2 is 1.91 bits per heavy atom. The molecule has 0 unspecified atom stereocenters. The number of nitro groups is 1. The minimum atomic E-state index is -0.527. The Bertz CT molecular complexity index is 1200. The van der Waals surface area contributed by atoms with Crippen LogP contribution in [0.1, 0.15) is 17.2 Å². The van der Waals surface area contributed by atoms with Crippen LogP contribution in [0.2, 0.25) is 0 Å². The number of non-ortho nitro benzene ring substituents is 1. The molecule has 3 aromatic carbocycles. The van der Waals surface area contributed by atoms with Crippen LogP contribution in [0.3, 0.4) is 0 Å². The summed E-state index contributed by atoms with van der Waals surface area (Å²) < 4.78 is 5.22. The number of nitrogens with one attached hydrogen (secondary N) is 1. The first-order chi connectivity index (χ1) is 15.9. The summed E-state index contributed by atoms with van der Waals surface area (Å²) in [6.07, 6.45) is 0.218. The van der Waals surface area contributed by atoms with Gasteiger partial charge in [-0.1, -0.05) is 30.3 Å². The van der Waals surface area contributed by atoms with Crippen LogP contribution in [0.15, 0.2) is 77.7 Å². The number of benzene rings is 3. The number of nitrogens with zero attached hydrogens (tertiary/aromatic N) is 2. The van der Waals surface area contributed by atoms with Gasteiger partial charge in [-0.2, -0.15) is 0 Å². The number of para-hydroxylation sites is 1. The molecule has 3 aromatic rings. The number of fused-ring (bicyclic) bond motifs is 1. The van der Waals surface area contributed by atoms with Crippen molar-refractivity contribution in [1.82, 2.24) is 0 Å². The molecule has 8 nitrogen and oxygen atoms in total. The monoisotopic (exact) mass is 463 g/mol. The zero-order chi connectivity index (χ0) is 23.4. The lowest BCUT2D eigenvalue weighted by atomic mass is 10.1. The summed E-state index contributed by atoms with van der Waals surface area (Å²) in [6, 6.07) is 20.8. The summed E-state index contributed by atoms with van der Waals surface area (Å²) in [5, 5.41) is 13.5. The number of nitro benzene ring substituents is 1. The van der Waals surface area contributed by atoms with Gasteiger partial charge in [0.1, 0.15) is 12.3 Å². The van der Waals surface area contributed by atoms with E-state index in [-0.39, 0.29) is 29.8 Å². The van der Waals surface area contributed by atoms with Gasteiger partial charge in [-0.05, 0) is 35.9 Å².